The van der Waals surface area contributed by atoms with Crippen molar-refractivity contribution < 1.29 is 4.79 Å². The molecule has 1 aromatic heterocycles. The lowest BCUT2D eigenvalue weighted by molar-refractivity contribution is -0.134. The van der Waals surface area contributed by atoms with Crippen molar-refractivity contribution in [1.82, 2.24) is 14.8 Å². The van der Waals surface area contributed by atoms with E-state index in [1.54, 1.807) is 6.20 Å². The van der Waals surface area contributed by atoms with Gasteiger partial charge >= 0.3 is 0 Å². The summed E-state index contributed by atoms with van der Waals surface area (Å²) in [4.78, 5) is 22.0. The molecule has 28 heavy (non-hydrogen) atoms. The Morgan fingerprint density at radius 3 is 2.79 bits per heavy atom. The lowest BCUT2D eigenvalue weighted by atomic mass is 9.83. The molecule has 2 atom stereocenters. The summed E-state index contributed by atoms with van der Waals surface area (Å²) in [5.41, 5.74) is 2.14. The smallest absolute Gasteiger partial charge is 0.222 e. The zero-order valence-corrected chi connectivity index (χ0v) is 17.7. The van der Waals surface area contributed by atoms with Gasteiger partial charge in [-0.25, -0.2) is 0 Å². The second kappa shape index (κ2) is 8.38. The molecule has 0 radical (unpaired) electrons. The van der Waals surface area contributed by atoms with Gasteiger partial charge in [0.2, 0.25) is 5.91 Å². The molecule has 4 rings (SSSR count). The first-order valence-corrected chi connectivity index (χ1v) is 10.9. The minimum Gasteiger partial charge on any atom is -0.342 e. The maximum atomic E-state index is 13.1. The number of nitrogens with zero attached hydrogens (tertiary/aromatic N) is 3. The number of aromatic nitrogens is 1. The standard InChI is InChI=1S/C23H30ClN3O/c1-16-12-18(19-5-6-21(24)23-20(19)4-3-9-25-23)15-27(14-16)22(28)13-17-7-10-26(2)11-8-17/h3-6,9,16-18H,7-8,10-15H2,1-2H3/t16?,18-/m0/s1. The van der Waals surface area contributed by atoms with Gasteiger partial charge in [0.05, 0.1) is 10.5 Å². The number of carbonyl (C=O) groups is 1. The summed E-state index contributed by atoms with van der Waals surface area (Å²) >= 11 is 6.36. The van der Waals surface area contributed by atoms with Crippen molar-refractivity contribution >= 4 is 28.4 Å². The van der Waals surface area contributed by atoms with Crippen LogP contribution in [0.15, 0.2) is 30.5 Å². The van der Waals surface area contributed by atoms with Gasteiger partial charge in [0.1, 0.15) is 0 Å². The highest BCUT2D eigenvalue weighted by atomic mass is 35.5. The van der Waals surface area contributed by atoms with Crippen LogP contribution in [0.25, 0.3) is 10.9 Å². The minimum absolute atomic E-state index is 0.336. The fourth-order valence-electron chi connectivity index (χ4n) is 4.94. The molecular weight excluding hydrogens is 370 g/mol. The summed E-state index contributed by atoms with van der Waals surface area (Å²) in [5, 5.41) is 1.82. The van der Waals surface area contributed by atoms with Crippen LogP contribution in [0.3, 0.4) is 0 Å². The fraction of sp³-hybridized carbons (Fsp3) is 0.565. The van der Waals surface area contributed by atoms with Crippen molar-refractivity contribution in [1.29, 1.82) is 0 Å². The second-order valence-corrected chi connectivity index (χ2v) is 9.23. The maximum absolute atomic E-state index is 13.1. The SMILES string of the molecule is CC1C[C@H](c2ccc(Cl)c3ncccc23)CN(C(=O)CC2CCN(C)CC2)C1. The predicted octanol–water partition coefficient (Wildman–Crippen LogP) is 4.57. The zero-order chi connectivity index (χ0) is 19.7. The number of fused-ring (bicyclic) bond motifs is 1. The third kappa shape index (κ3) is 4.18. The van der Waals surface area contributed by atoms with Gasteiger partial charge in [-0.05, 0) is 68.9 Å². The lowest BCUT2D eigenvalue weighted by Crippen LogP contribution is -2.43. The van der Waals surface area contributed by atoms with Crippen LogP contribution in [-0.2, 0) is 4.79 Å². The second-order valence-electron chi connectivity index (χ2n) is 8.82. The van der Waals surface area contributed by atoms with E-state index >= 15 is 0 Å². The van der Waals surface area contributed by atoms with E-state index in [2.05, 4.69) is 40.9 Å². The molecular formula is C23H30ClN3O. The number of amides is 1. The van der Waals surface area contributed by atoms with Crippen LogP contribution >= 0.6 is 11.6 Å². The molecule has 0 saturated carbocycles. The van der Waals surface area contributed by atoms with Gasteiger partial charge < -0.3 is 9.80 Å². The first-order chi connectivity index (χ1) is 13.5. The highest BCUT2D eigenvalue weighted by molar-refractivity contribution is 6.35. The van der Waals surface area contributed by atoms with Crippen molar-refractivity contribution in [2.45, 2.75) is 38.5 Å². The van der Waals surface area contributed by atoms with Gasteiger partial charge in [-0.1, -0.05) is 30.7 Å². The number of pyridine rings is 1. The Morgan fingerprint density at radius 2 is 2.00 bits per heavy atom. The minimum atomic E-state index is 0.336. The van der Waals surface area contributed by atoms with Crippen LogP contribution in [-0.4, -0.2) is 53.9 Å². The Labute approximate surface area is 172 Å². The Morgan fingerprint density at radius 1 is 1.21 bits per heavy atom. The molecule has 0 aliphatic carbocycles. The predicted molar refractivity (Wildman–Crippen MR) is 115 cm³/mol. The monoisotopic (exact) mass is 399 g/mol. The molecule has 2 aromatic rings. The van der Waals surface area contributed by atoms with Crippen LogP contribution in [0.2, 0.25) is 5.02 Å². The van der Waals surface area contributed by atoms with E-state index in [1.165, 1.54) is 5.56 Å². The molecule has 1 aromatic carbocycles. The lowest BCUT2D eigenvalue weighted by Gasteiger charge is -2.38. The van der Waals surface area contributed by atoms with Gasteiger partial charge in [0, 0.05) is 37.0 Å². The number of piperidine rings is 2. The molecule has 0 N–H and O–H groups in total. The van der Waals surface area contributed by atoms with Crippen molar-refractivity contribution in [3.8, 4) is 0 Å². The first-order valence-electron chi connectivity index (χ1n) is 10.5. The molecule has 1 unspecified atom stereocenters. The van der Waals surface area contributed by atoms with Crippen LogP contribution in [0, 0.1) is 11.8 Å². The number of benzene rings is 1. The van der Waals surface area contributed by atoms with E-state index in [0.29, 0.717) is 35.1 Å². The third-order valence-electron chi connectivity index (χ3n) is 6.51. The summed E-state index contributed by atoms with van der Waals surface area (Å²) in [6.45, 7) is 6.17. The number of carbonyl (C=O) groups excluding carboxylic acids is 1. The van der Waals surface area contributed by atoms with Crippen molar-refractivity contribution in [3.05, 3.63) is 41.0 Å². The van der Waals surface area contributed by atoms with Crippen LogP contribution in [0.5, 0.6) is 0 Å². The van der Waals surface area contributed by atoms with Gasteiger partial charge in [-0.3, -0.25) is 9.78 Å². The van der Waals surface area contributed by atoms with E-state index < -0.39 is 0 Å². The molecule has 0 spiro atoms. The van der Waals surface area contributed by atoms with Gasteiger partial charge in [-0.2, -0.15) is 0 Å². The van der Waals surface area contributed by atoms with Crippen molar-refractivity contribution in [2.75, 3.05) is 33.2 Å². The van der Waals surface area contributed by atoms with Gasteiger partial charge in [0.25, 0.3) is 0 Å². The molecule has 2 aliphatic rings. The number of hydrogen-bond donors (Lipinski definition) is 0. The van der Waals surface area contributed by atoms with E-state index in [1.807, 2.05) is 12.1 Å². The normalized spacial score (nSPS) is 24.6. The largest absolute Gasteiger partial charge is 0.342 e. The van der Waals surface area contributed by atoms with Crippen LogP contribution in [0.4, 0.5) is 0 Å². The topological polar surface area (TPSA) is 36.4 Å². The molecule has 1 amide bonds. The molecule has 3 heterocycles. The molecule has 2 fully saturated rings. The quantitative estimate of drug-likeness (QED) is 0.758. The highest BCUT2D eigenvalue weighted by Crippen LogP contribution is 2.36. The third-order valence-corrected chi connectivity index (χ3v) is 6.81. The van der Waals surface area contributed by atoms with E-state index in [0.717, 1.165) is 56.3 Å². The van der Waals surface area contributed by atoms with Crippen LogP contribution in [0.1, 0.15) is 44.1 Å². The molecule has 150 valence electrons. The number of likely N-dealkylation sites (tertiary alicyclic amines) is 2. The average molecular weight is 400 g/mol. The Hall–Kier alpha value is -1.65. The highest BCUT2D eigenvalue weighted by Gasteiger charge is 2.31. The fourth-order valence-corrected chi connectivity index (χ4v) is 5.15. The number of halogens is 1. The Balaban J connectivity index is 1.51. The first kappa shape index (κ1) is 19.7. The van der Waals surface area contributed by atoms with Crippen molar-refractivity contribution in [3.63, 3.8) is 0 Å². The summed E-state index contributed by atoms with van der Waals surface area (Å²) in [6, 6.07) is 8.16. The van der Waals surface area contributed by atoms with E-state index in [-0.39, 0.29) is 0 Å². The van der Waals surface area contributed by atoms with Crippen molar-refractivity contribution in [2.24, 2.45) is 11.8 Å². The number of rotatable bonds is 3. The molecule has 0 bridgehead atoms. The number of hydrogen-bond acceptors (Lipinski definition) is 3. The van der Waals surface area contributed by atoms with Gasteiger partial charge in [-0.15, -0.1) is 0 Å². The molecule has 2 aliphatic heterocycles. The Kier molecular flexibility index (Phi) is 5.88. The van der Waals surface area contributed by atoms with E-state index in [4.69, 9.17) is 11.6 Å². The average Bonchev–Trinajstić information content (AvgIpc) is 2.70. The van der Waals surface area contributed by atoms with Crippen LogP contribution < -0.4 is 0 Å². The molecule has 2 saturated heterocycles. The Bertz CT molecular complexity index is 847. The van der Waals surface area contributed by atoms with Gasteiger partial charge in [0.15, 0.2) is 0 Å². The molecule has 4 nitrogen and oxygen atoms in total. The summed E-state index contributed by atoms with van der Waals surface area (Å²) < 4.78 is 0. The summed E-state index contributed by atoms with van der Waals surface area (Å²) in [7, 11) is 2.17. The molecule has 5 heteroatoms. The maximum Gasteiger partial charge on any atom is 0.222 e. The summed E-state index contributed by atoms with van der Waals surface area (Å²) in [5.74, 6) is 1.72. The zero-order valence-electron chi connectivity index (χ0n) is 16.9. The van der Waals surface area contributed by atoms with E-state index in [9.17, 15) is 4.79 Å². The summed E-state index contributed by atoms with van der Waals surface area (Å²) in [6.07, 6.45) is 5.88.